The molecule has 0 aliphatic heterocycles. The van der Waals surface area contributed by atoms with Crippen LogP contribution in [0.1, 0.15) is 19.4 Å². The molecule has 0 aromatic heterocycles. The smallest absolute Gasteiger partial charge is 0.362 e. The highest BCUT2D eigenvalue weighted by molar-refractivity contribution is 7.98. The lowest BCUT2D eigenvalue weighted by molar-refractivity contribution is -0.122. The molecule has 0 heterocycles. The number of thioether (sulfide) groups is 1. The Labute approximate surface area is 176 Å². The van der Waals surface area contributed by atoms with Crippen molar-refractivity contribution in [2.45, 2.75) is 24.9 Å². The SMILES string of the molecule is CCNC(=S)NN=C(C)C(=NNC(=S)NCC(F)(F)F)c1ccc(SC)cc1. The van der Waals surface area contributed by atoms with Gasteiger partial charge in [0, 0.05) is 17.0 Å². The Morgan fingerprint density at radius 2 is 1.61 bits per heavy atom. The van der Waals surface area contributed by atoms with E-state index < -0.39 is 12.7 Å². The van der Waals surface area contributed by atoms with Crippen molar-refractivity contribution in [3.63, 3.8) is 0 Å². The third-order valence-electron chi connectivity index (χ3n) is 3.09. The van der Waals surface area contributed by atoms with Gasteiger partial charge in [-0.1, -0.05) is 12.1 Å². The third kappa shape index (κ3) is 9.33. The van der Waals surface area contributed by atoms with Crippen molar-refractivity contribution in [1.29, 1.82) is 0 Å². The molecule has 0 saturated carbocycles. The highest BCUT2D eigenvalue weighted by Gasteiger charge is 2.27. The fourth-order valence-corrected chi connectivity index (χ4v) is 2.53. The predicted molar refractivity (Wildman–Crippen MR) is 117 cm³/mol. The van der Waals surface area contributed by atoms with Crippen molar-refractivity contribution in [1.82, 2.24) is 21.5 Å². The fourth-order valence-electron chi connectivity index (χ4n) is 1.82. The summed E-state index contributed by atoms with van der Waals surface area (Å²) < 4.78 is 36.9. The Morgan fingerprint density at radius 1 is 1.04 bits per heavy atom. The van der Waals surface area contributed by atoms with Gasteiger partial charge in [-0.05, 0) is 56.7 Å². The Bertz CT molecular complexity index is 732. The standard InChI is InChI=1S/C16H21F3N6S3/c1-4-20-14(26)24-22-10(2)13(11-5-7-12(28-3)8-6-11)23-25-15(27)21-9-16(17,18)19/h5-8H,4,9H2,1-3H3,(H2,20,24,26)(H2,21,25,27). The van der Waals surface area contributed by atoms with E-state index in [0.717, 1.165) is 4.90 Å². The number of hydrazone groups is 2. The molecule has 0 bridgehead atoms. The first kappa shape index (κ1) is 24.1. The van der Waals surface area contributed by atoms with Gasteiger partial charge in [-0.3, -0.25) is 10.9 Å². The molecular formula is C16H21F3N6S3. The van der Waals surface area contributed by atoms with E-state index in [1.54, 1.807) is 18.7 Å². The summed E-state index contributed by atoms with van der Waals surface area (Å²) in [4.78, 5) is 1.06. The van der Waals surface area contributed by atoms with Gasteiger partial charge in [0.15, 0.2) is 10.2 Å². The summed E-state index contributed by atoms with van der Waals surface area (Å²) in [6.45, 7) is 2.97. The second kappa shape index (κ2) is 11.8. The van der Waals surface area contributed by atoms with Gasteiger partial charge in [-0.25, -0.2) is 0 Å². The Kier molecular flexibility index (Phi) is 10.2. The molecule has 1 aromatic carbocycles. The normalized spacial score (nSPS) is 12.4. The number of thiocarbonyl (C=S) groups is 2. The predicted octanol–water partition coefficient (Wildman–Crippen LogP) is 3.00. The number of hydrogen-bond donors (Lipinski definition) is 4. The van der Waals surface area contributed by atoms with Crippen LogP contribution in [0.4, 0.5) is 13.2 Å². The highest BCUT2D eigenvalue weighted by atomic mass is 32.2. The molecule has 0 radical (unpaired) electrons. The van der Waals surface area contributed by atoms with Crippen LogP contribution in [0.2, 0.25) is 0 Å². The minimum Gasteiger partial charge on any atom is -0.362 e. The van der Waals surface area contributed by atoms with E-state index in [9.17, 15) is 13.2 Å². The van der Waals surface area contributed by atoms with Crippen molar-refractivity contribution in [2.75, 3.05) is 19.3 Å². The maximum atomic E-state index is 12.3. The first-order chi connectivity index (χ1) is 13.2. The molecule has 0 saturated heterocycles. The minimum absolute atomic E-state index is 0.250. The Balaban J connectivity index is 3.00. The van der Waals surface area contributed by atoms with Crippen molar-refractivity contribution in [3.05, 3.63) is 29.8 Å². The average Bonchev–Trinajstić information content (AvgIpc) is 2.65. The number of alkyl halides is 3. The van der Waals surface area contributed by atoms with Crippen LogP contribution in [0.5, 0.6) is 0 Å². The van der Waals surface area contributed by atoms with Crippen LogP contribution in [-0.4, -0.2) is 47.2 Å². The summed E-state index contributed by atoms with van der Waals surface area (Å²) in [7, 11) is 0. The molecule has 0 atom stereocenters. The molecule has 0 amide bonds. The zero-order chi connectivity index (χ0) is 21.2. The molecule has 12 heteroatoms. The fraction of sp³-hybridized carbons (Fsp3) is 0.375. The number of rotatable bonds is 7. The molecule has 1 aromatic rings. The van der Waals surface area contributed by atoms with Gasteiger partial charge in [0.2, 0.25) is 0 Å². The summed E-state index contributed by atoms with van der Waals surface area (Å²) in [5, 5.41) is 13.3. The molecule has 6 nitrogen and oxygen atoms in total. The minimum atomic E-state index is -4.38. The van der Waals surface area contributed by atoms with Crippen LogP contribution < -0.4 is 21.5 Å². The molecular weight excluding hydrogens is 429 g/mol. The average molecular weight is 451 g/mol. The van der Waals surface area contributed by atoms with Crippen LogP contribution in [-0.2, 0) is 0 Å². The monoisotopic (exact) mass is 450 g/mol. The zero-order valence-electron chi connectivity index (χ0n) is 15.5. The molecule has 0 aliphatic carbocycles. The summed E-state index contributed by atoms with van der Waals surface area (Å²) in [5.41, 5.74) is 6.68. The van der Waals surface area contributed by atoms with E-state index in [1.807, 2.05) is 37.4 Å². The number of nitrogens with zero attached hydrogens (tertiary/aromatic N) is 2. The summed E-state index contributed by atoms with van der Waals surface area (Å²) in [6.07, 6.45) is -2.43. The van der Waals surface area contributed by atoms with Crippen LogP contribution in [0, 0.1) is 0 Å². The van der Waals surface area contributed by atoms with Gasteiger partial charge >= 0.3 is 6.18 Å². The zero-order valence-corrected chi connectivity index (χ0v) is 17.9. The van der Waals surface area contributed by atoms with E-state index in [2.05, 4.69) is 31.7 Å². The Hall–Kier alpha value is -1.92. The third-order valence-corrected chi connectivity index (χ3v) is 4.30. The molecule has 0 aliphatic rings. The largest absolute Gasteiger partial charge is 0.405 e. The van der Waals surface area contributed by atoms with Gasteiger partial charge in [0.05, 0.1) is 5.71 Å². The van der Waals surface area contributed by atoms with Gasteiger partial charge in [-0.2, -0.15) is 23.4 Å². The quantitative estimate of drug-likeness (QED) is 0.220. The molecule has 0 spiro atoms. The van der Waals surface area contributed by atoms with Crippen LogP contribution in [0.3, 0.4) is 0 Å². The molecule has 0 unspecified atom stereocenters. The van der Waals surface area contributed by atoms with E-state index in [4.69, 9.17) is 24.4 Å². The molecule has 1 rings (SSSR count). The van der Waals surface area contributed by atoms with E-state index >= 15 is 0 Å². The van der Waals surface area contributed by atoms with E-state index in [-0.39, 0.29) is 5.11 Å². The lowest BCUT2D eigenvalue weighted by Crippen LogP contribution is -2.39. The van der Waals surface area contributed by atoms with Gasteiger partial charge < -0.3 is 10.6 Å². The number of benzene rings is 1. The van der Waals surface area contributed by atoms with Gasteiger partial charge in [-0.15, -0.1) is 11.8 Å². The van der Waals surface area contributed by atoms with Gasteiger partial charge in [0.1, 0.15) is 12.3 Å². The summed E-state index contributed by atoms with van der Waals surface area (Å²) in [6, 6.07) is 7.47. The summed E-state index contributed by atoms with van der Waals surface area (Å²) >= 11 is 11.5. The van der Waals surface area contributed by atoms with E-state index in [0.29, 0.717) is 28.6 Å². The highest BCUT2D eigenvalue weighted by Crippen LogP contribution is 2.16. The second-order valence-electron chi connectivity index (χ2n) is 5.27. The summed E-state index contributed by atoms with van der Waals surface area (Å²) in [5.74, 6) is 0. The van der Waals surface area contributed by atoms with Crippen molar-refractivity contribution < 1.29 is 13.2 Å². The maximum absolute atomic E-state index is 12.3. The maximum Gasteiger partial charge on any atom is 0.405 e. The van der Waals surface area contributed by atoms with Gasteiger partial charge in [0.25, 0.3) is 0 Å². The van der Waals surface area contributed by atoms with E-state index in [1.165, 1.54) is 0 Å². The van der Waals surface area contributed by atoms with Crippen LogP contribution in [0.25, 0.3) is 0 Å². The first-order valence-corrected chi connectivity index (χ1v) is 10.1. The number of nitrogens with one attached hydrogen (secondary N) is 4. The van der Waals surface area contributed by atoms with Crippen molar-refractivity contribution in [2.24, 2.45) is 10.2 Å². The first-order valence-electron chi connectivity index (χ1n) is 8.07. The second-order valence-corrected chi connectivity index (χ2v) is 6.96. The number of halogens is 3. The lowest BCUT2D eigenvalue weighted by atomic mass is 10.1. The topological polar surface area (TPSA) is 72.8 Å². The molecule has 4 N–H and O–H groups in total. The number of hydrogen-bond acceptors (Lipinski definition) is 5. The lowest BCUT2D eigenvalue weighted by Gasteiger charge is -2.12. The Morgan fingerprint density at radius 3 is 2.14 bits per heavy atom. The molecule has 0 fully saturated rings. The van der Waals surface area contributed by atoms with Crippen LogP contribution in [0.15, 0.2) is 39.4 Å². The molecule has 154 valence electrons. The van der Waals surface area contributed by atoms with Crippen molar-refractivity contribution >= 4 is 57.8 Å². The van der Waals surface area contributed by atoms with Crippen molar-refractivity contribution in [3.8, 4) is 0 Å². The molecule has 28 heavy (non-hydrogen) atoms. The van der Waals surface area contributed by atoms with Crippen LogP contribution >= 0.6 is 36.2 Å².